The number of benzene rings is 1. The van der Waals surface area contributed by atoms with Crippen molar-refractivity contribution in [2.24, 2.45) is 7.05 Å². The molecule has 0 radical (unpaired) electrons. The van der Waals surface area contributed by atoms with Crippen LogP contribution in [0.25, 0.3) is 10.9 Å². The molecule has 2 fully saturated rings. The van der Waals surface area contributed by atoms with E-state index in [4.69, 9.17) is 4.74 Å². The molecule has 178 valence electrons. The van der Waals surface area contributed by atoms with Gasteiger partial charge in [-0.2, -0.15) is 5.10 Å². The minimum absolute atomic E-state index is 0.224. The van der Waals surface area contributed by atoms with Crippen molar-refractivity contribution in [1.82, 2.24) is 20.0 Å². The maximum absolute atomic E-state index is 12.4. The van der Waals surface area contributed by atoms with E-state index in [9.17, 15) is 14.4 Å². The molecule has 1 N–H and O–H groups in total. The molecule has 1 unspecified atom stereocenters. The van der Waals surface area contributed by atoms with E-state index in [2.05, 4.69) is 34.5 Å². The molecule has 0 saturated carbocycles. The van der Waals surface area contributed by atoms with E-state index in [1.165, 1.54) is 0 Å². The Bertz CT molecular complexity index is 1080. The van der Waals surface area contributed by atoms with Crippen molar-refractivity contribution in [2.75, 3.05) is 25.0 Å². The number of fused-ring (bicyclic) bond motifs is 1. The van der Waals surface area contributed by atoms with Crippen molar-refractivity contribution in [3.8, 4) is 0 Å². The minimum Gasteiger partial charge on any atom is -0.444 e. The second-order valence-corrected chi connectivity index (χ2v) is 10.0. The van der Waals surface area contributed by atoms with Gasteiger partial charge < -0.3 is 14.5 Å². The molecule has 3 heterocycles. The first-order valence-electron chi connectivity index (χ1n) is 11.5. The number of amides is 3. The van der Waals surface area contributed by atoms with Crippen LogP contribution < -0.4 is 10.2 Å². The largest absolute Gasteiger partial charge is 0.444 e. The Hall–Kier alpha value is -3.10. The number of anilines is 1. The predicted molar refractivity (Wildman–Crippen MR) is 125 cm³/mol. The van der Waals surface area contributed by atoms with Gasteiger partial charge in [0.25, 0.3) is 0 Å². The first-order valence-corrected chi connectivity index (χ1v) is 11.5. The Labute approximate surface area is 194 Å². The van der Waals surface area contributed by atoms with Crippen LogP contribution in [0.4, 0.5) is 10.5 Å². The second-order valence-electron chi connectivity index (χ2n) is 10.0. The number of aryl methyl sites for hydroxylation is 1. The normalized spacial score (nSPS) is 20.2. The van der Waals surface area contributed by atoms with Gasteiger partial charge in [-0.15, -0.1) is 0 Å². The van der Waals surface area contributed by atoms with E-state index in [1.807, 2.05) is 33.9 Å². The summed E-state index contributed by atoms with van der Waals surface area (Å²) in [6.07, 6.45) is 2.29. The third kappa shape index (κ3) is 4.82. The summed E-state index contributed by atoms with van der Waals surface area (Å²) in [6.45, 7) is 6.97. The number of ether oxygens (including phenoxy) is 1. The van der Waals surface area contributed by atoms with Crippen molar-refractivity contribution in [2.45, 2.75) is 64.0 Å². The molecule has 0 aliphatic carbocycles. The van der Waals surface area contributed by atoms with Crippen molar-refractivity contribution in [1.29, 1.82) is 0 Å². The Balaban J connectivity index is 1.47. The fraction of sp³-hybridized carbons (Fsp3) is 0.583. The number of nitrogens with zero attached hydrogens (tertiary/aromatic N) is 4. The molecule has 1 aromatic heterocycles. The van der Waals surface area contributed by atoms with Crippen LogP contribution in [0.3, 0.4) is 0 Å². The molecule has 0 spiro atoms. The highest BCUT2D eigenvalue weighted by molar-refractivity contribution is 6.02. The molecule has 2 aromatic rings. The summed E-state index contributed by atoms with van der Waals surface area (Å²) >= 11 is 0. The number of aromatic nitrogens is 2. The smallest absolute Gasteiger partial charge is 0.410 e. The number of imide groups is 1. The summed E-state index contributed by atoms with van der Waals surface area (Å²) in [5.74, 6) is -0.908. The lowest BCUT2D eigenvalue weighted by atomic mass is 9.92. The van der Waals surface area contributed by atoms with Gasteiger partial charge >= 0.3 is 6.09 Å². The van der Waals surface area contributed by atoms with E-state index in [-0.39, 0.29) is 17.9 Å². The van der Waals surface area contributed by atoms with Crippen molar-refractivity contribution < 1.29 is 19.1 Å². The summed E-state index contributed by atoms with van der Waals surface area (Å²) in [4.78, 5) is 40.3. The number of likely N-dealkylation sites (tertiary alicyclic amines) is 1. The maximum atomic E-state index is 12.4. The van der Waals surface area contributed by atoms with Crippen LogP contribution in [0.2, 0.25) is 0 Å². The second kappa shape index (κ2) is 8.68. The molecule has 2 aliphatic heterocycles. The lowest BCUT2D eigenvalue weighted by molar-refractivity contribution is -0.134. The van der Waals surface area contributed by atoms with E-state index in [1.54, 1.807) is 9.58 Å². The molecule has 1 atom stereocenters. The Morgan fingerprint density at radius 3 is 2.52 bits per heavy atom. The fourth-order valence-electron chi connectivity index (χ4n) is 4.68. The summed E-state index contributed by atoms with van der Waals surface area (Å²) in [6, 6.07) is 6.48. The Kier molecular flexibility index (Phi) is 6.07. The molecule has 4 rings (SSSR count). The molecular weight excluding hydrogens is 422 g/mol. The number of piperidine rings is 2. The predicted octanol–water partition coefficient (Wildman–Crippen LogP) is 2.93. The van der Waals surface area contributed by atoms with Gasteiger partial charge in [-0.1, -0.05) is 0 Å². The molecule has 2 aliphatic rings. The monoisotopic (exact) mass is 455 g/mol. The molecule has 1 aromatic carbocycles. The highest BCUT2D eigenvalue weighted by atomic mass is 16.6. The van der Waals surface area contributed by atoms with Gasteiger partial charge in [0.05, 0.1) is 17.1 Å². The van der Waals surface area contributed by atoms with E-state index in [0.29, 0.717) is 32.0 Å². The van der Waals surface area contributed by atoms with Crippen LogP contribution in [-0.4, -0.2) is 64.4 Å². The molecule has 0 bridgehead atoms. The number of carbonyl (C=O) groups is 3. The number of rotatable bonds is 3. The number of hydrogen-bond acceptors (Lipinski definition) is 6. The summed E-state index contributed by atoms with van der Waals surface area (Å²) < 4.78 is 7.30. The van der Waals surface area contributed by atoms with Crippen LogP contribution in [0.15, 0.2) is 18.2 Å². The molecule has 3 amide bonds. The van der Waals surface area contributed by atoms with Crippen LogP contribution in [0, 0.1) is 0 Å². The first-order chi connectivity index (χ1) is 15.5. The van der Waals surface area contributed by atoms with Crippen LogP contribution in [0.5, 0.6) is 0 Å². The first kappa shape index (κ1) is 23.1. The standard InChI is InChI=1S/C24H33N5O4/c1-24(2,3)33-23(32)29-12-10-15(11-13-29)27(4)16-6-7-17-19(14-16)28(5)26-21(17)18-8-9-20(30)25-22(18)31/h6-7,14-15,18H,8-13H2,1-5H3,(H,25,30,31). The van der Waals surface area contributed by atoms with Gasteiger partial charge in [-0.25, -0.2) is 4.79 Å². The summed E-state index contributed by atoms with van der Waals surface area (Å²) in [5, 5.41) is 7.99. The average molecular weight is 456 g/mol. The summed E-state index contributed by atoms with van der Waals surface area (Å²) in [7, 11) is 3.95. The minimum atomic E-state index is -0.490. The number of nitrogens with one attached hydrogen (secondary N) is 1. The van der Waals surface area contributed by atoms with Gasteiger partial charge in [0, 0.05) is 50.7 Å². The zero-order valence-corrected chi connectivity index (χ0v) is 20.1. The third-order valence-corrected chi connectivity index (χ3v) is 6.50. The Morgan fingerprint density at radius 2 is 1.88 bits per heavy atom. The van der Waals surface area contributed by atoms with Gasteiger partial charge in [0.15, 0.2) is 0 Å². The average Bonchev–Trinajstić information content (AvgIpc) is 3.08. The van der Waals surface area contributed by atoms with Gasteiger partial charge in [0.2, 0.25) is 11.8 Å². The van der Waals surface area contributed by atoms with E-state index >= 15 is 0 Å². The zero-order valence-electron chi connectivity index (χ0n) is 20.1. The van der Waals surface area contributed by atoms with E-state index in [0.717, 1.165) is 35.1 Å². The van der Waals surface area contributed by atoms with Gasteiger partial charge in [0.1, 0.15) is 5.60 Å². The zero-order chi connectivity index (χ0) is 23.9. The number of hydrogen-bond donors (Lipinski definition) is 1. The van der Waals surface area contributed by atoms with Crippen molar-refractivity contribution >= 4 is 34.5 Å². The SMILES string of the molecule is CN(c1ccc2c(C3CCC(=O)NC3=O)nn(C)c2c1)C1CCN(C(=O)OC(C)(C)C)CC1. The third-order valence-electron chi connectivity index (χ3n) is 6.50. The van der Waals surface area contributed by atoms with Crippen molar-refractivity contribution in [3.05, 3.63) is 23.9 Å². The lowest BCUT2D eigenvalue weighted by Crippen LogP contribution is -2.47. The highest BCUT2D eigenvalue weighted by Gasteiger charge is 2.32. The van der Waals surface area contributed by atoms with E-state index < -0.39 is 11.5 Å². The fourth-order valence-corrected chi connectivity index (χ4v) is 4.68. The molecule has 2 saturated heterocycles. The topological polar surface area (TPSA) is 96.8 Å². The molecule has 33 heavy (non-hydrogen) atoms. The lowest BCUT2D eigenvalue weighted by Gasteiger charge is -2.38. The number of carbonyl (C=O) groups excluding carboxylic acids is 3. The van der Waals surface area contributed by atoms with Crippen molar-refractivity contribution in [3.63, 3.8) is 0 Å². The van der Waals surface area contributed by atoms with Crippen LogP contribution >= 0.6 is 0 Å². The maximum Gasteiger partial charge on any atom is 0.410 e. The highest BCUT2D eigenvalue weighted by Crippen LogP contribution is 2.33. The summed E-state index contributed by atoms with van der Waals surface area (Å²) in [5.41, 5.74) is 2.24. The van der Waals surface area contributed by atoms with Gasteiger partial charge in [-0.05, 0) is 58.2 Å². The Morgan fingerprint density at radius 1 is 1.18 bits per heavy atom. The molecule has 9 heteroatoms. The van der Waals surface area contributed by atoms with Crippen LogP contribution in [-0.2, 0) is 21.4 Å². The van der Waals surface area contributed by atoms with Gasteiger partial charge in [-0.3, -0.25) is 19.6 Å². The molecular formula is C24H33N5O4. The quantitative estimate of drug-likeness (QED) is 0.715. The molecule has 9 nitrogen and oxygen atoms in total. The van der Waals surface area contributed by atoms with Crippen LogP contribution in [0.1, 0.15) is 58.1 Å².